The maximum absolute atomic E-state index is 12.9. The summed E-state index contributed by atoms with van der Waals surface area (Å²) in [5.74, 6) is 1.51. The van der Waals surface area contributed by atoms with E-state index in [2.05, 4.69) is 48.0 Å². The quantitative estimate of drug-likeness (QED) is 0.529. The van der Waals surface area contributed by atoms with Crippen molar-refractivity contribution in [3.63, 3.8) is 0 Å². The zero-order valence-corrected chi connectivity index (χ0v) is 18.5. The number of benzene rings is 1. The largest absolute Gasteiger partial charge is 0.591 e. The molecule has 0 radical (unpaired) electrons. The molecule has 0 heterocycles. The molecule has 0 aromatic heterocycles. The number of rotatable bonds is 2. The molecule has 2 aliphatic rings. The number of halogens is 1. The van der Waals surface area contributed by atoms with Crippen LogP contribution >= 0.6 is 15.9 Å². The minimum absolute atomic E-state index is 0.0806. The van der Waals surface area contributed by atoms with E-state index in [1.165, 1.54) is 30.4 Å². The zero-order valence-electron chi connectivity index (χ0n) is 16.1. The molecule has 0 bridgehead atoms. The van der Waals surface area contributed by atoms with Crippen molar-refractivity contribution in [1.29, 1.82) is 0 Å². The first-order valence-electron chi connectivity index (χ1n) is 9.46. The summed E-state index contributed by atoms with van der Waals surface area (Å²) in [6.07, 6.45) is 5.86. The van der Waals surface area contributed by atoms with Crippen LogP contribution in [0.4, 0.5) is 0 Å². The molecule has 1 aromatic rings. The Labute approximate surface area is 164 Å². The SMILES string of the molecule is CC[C@@H]1C[C@]2(CC[C@H]1C)Cc1ccc(Br)cc1C2=N[S+]([O-])C(C)(C)C. The average molecular weight is 424 g/mol. The lowest BCUT2D eigenvalue weighted by Gasteiger charge is -2.41. The van der Waals surface area contributed by atoms with Gasteiger partial charge in [-0.05, 0) is 76.0 Å². The molecule has 1 fully saturated rings. The van der Waals surface area contributed by atoms with Crippen molar-refractivity contribution in [2.24, 2.45) is 21.6 Å². The van der Waals surface area contributed by atoms with Crippen LogP contribution in [0.25, 0.3) is 0 Å². The van der Waals surface area contributed by atoms with Crippen molar-refractivity contribution in [3.05, 3.63) is 33.8 Å². The van der Waals surface area contributed by atoms with Gasteiger partial charge >= 0.3 is 0 Å². The maximum atomic E-state index is 12.9. The molecule has 4 heteroatoms. The van der Waals surface area contributed by atoms with Crippen LogP contribution in [-0.2, 0) is 17.8 Å². The fraction of sp³-hybridized carbons (Fsp3) is 0.667. The second kappa shape index (κ2) is 7.01. The highest BCUT2D eigenvalue weighted by Crippen LogP contribution is 2.52. The molecule has 0 aliphatic heterocycles. The van der Waals surface area contributed by atoms with Gasteiger partial charge in [-0.2, -0.15) is 0 Å². The zero-order chi connectivity index (χ0) is 18.4. The predicted octanol–water partition coefficient (Wildman–Crippen LogP) is 6.09. The Morgan fingerprint density at radius 3 is 2.72 bits per heavy atom. The summed E-state index contributed by atoms with van der Waals surface area (Å²) in [4.78, 5) is 0. The van der Waals surface area contributed by atoms with E-state index in [1.54, 1.807) is 0 Å². The van der Waals surface area contributed by atoms with E-state index in [1.807, 2.05) is 20.8 Å². The van der Waals surface area contributed by atoms with Gasteiger partial charge in [-0.3, -0.25) is 0 Å². The van der Waals surface area contributed by atoms with E-state index in [0.717, 1.165) is 34.9 Å². The van der Waals surface area contributed by atoms with Crippen LogP contribution in [0.3, 0.4) is 0 Å². The lowest BCUT2D eigenvalue weighted by atomic mass is 9.63. The minimum atomic E-state index is -1.22. The van der Waals surface area contributed by atoms with Crippen molar-refractivity contribution >= 4 is 33.0 Å². The van der Waals surface area contributed by atoms with E-state index in [9.17, 15) is 4.55 Å². The molecular formula is C21H30BrNOS. The van der Waals surface area contributed by atoms with Gasteiger partial charge in [0.15, 0.2) is 0 Å². The topological polar surface area (TPSA) is 35.4 Å². The minimum Gasteiger partial charge on any atom is -0.591 e. The molecule has 1 saturated carbocycles. The Kier molecular flexibility index (Phi) is 5.45. The van der Waals surface area contributed by atoms with Crippen molar-refractivity contribution in [3.8, 4) is 0 Å². The fourth-order valence-electron chi connectivity index (χ4n) is 4.49. The van der Waals surface area contributed by atoms with Crippen LogP contribution in [0.1, 0.15) is 71.4 Å². The summed E-state index contributed by atoms with van der Waals surface area (Å²) in [6.45, 7) is 10.7. The van der Waals surface area contributed by atoms with E-state index in [-0.39, 0.29) is 10.2 Å². The second-order valence-electron chi connectivity index (χ2n) is 8.95. The van der Waals surface area contributed by atoms with Gasteiger partial charge in [-0.15, -0.1) is 0 Å². The van der Waals surface area contributed by atoms with Crippen LogP contribution in [0, 0.1) is 17.3 Å². The van der Waals surface area contributed by atoms with Crippen LogP contribution in [0.15, 0.2) is 27.1 Å². The molecule has 2 aliphatic carbocycles. The Hall–Kier alpha value is -0.320. The molecule has 0 amide bonds. The second-order valence-corrected chi connectivity index (χ2v) is 11.8. The van der Waals surface area contributed by atoms with Crippen molar-refractivity contribution < 1.29 is 4.55 Å². The Bertz CT molecular complexity index is 681. The summed E-state index contributed by atoms with van der Waals surface area (Å²) in [7, 11) is 0. The molecule has 138 valence electrons. The number of hydrogen-bond donors (Lipinski definition) is 0. The molecule has 3 rings (SSSR count). The van der Waals surface area contributed by atoms with Crippen molar-refractivity contribution in [2.45, 2.75) is 71.5 Å². The van der Waals surface area contributed by atoms with Gasteiger partial charge in [0.25, 0.3) is 0 Å². The summed E-state index contributed by atoms with van der Waals surface area (Å²) in [5.41, 5.74) is 3.79. The first-order chi connectivity index (χ1) is 11.7. The van der Waals surface area contributed by atoms with Gasteiger partial charge in [0.2, 0.25) is 0 Å². The van der Waals surface area contributed by atoms with E-state index in [4.69, 9.17) is 4.40 Å². The third-order valence-corrected chi connectivity index (χ3v) is 8.01. The predicted molar refractivity (Wildman–Crippen MR) is 112 cm³/mol. The van der Waals surface area contributed by atoms with E-state index in [0.29, 0.717) is 0 Å². The smallest absolute Gasteiger partial charge is 0.144 e. The monoisotopic (exact) mass is 423 g/mol. The van der Waals surface area contributed by atoms with Gasteiger partial charge in [0, 0.05) is 15.5 Å². The van der Waals surface area contributed by atoms with Gasteiger partial charge < -0.3 is 4.55 Å². The Morgan fingerprint density at radius 1 is 1.36 bits per heavy atom. The van der Waals surface area contributed by atoms with Crippen LogP contribution in [0.2, 0.25) is 0 Å². The summed E-state index contributed by atoms with van der Waals surface area (Å²) >= 11 is 2.40. The highest BCUT2D eigenvalue weighted by atomic mass is 79.9. The number of fused-ring (bicyclic) bond motifs is 1. The van der Waals surface area contributed by atoms with Gasteiger partial charge in [0.1, 0.15) is 21.8 Å². The first kappa shape index (κ1) is 19.4. The normalized spacial score (nSPS) is 32.2. The summed E-state index contributed by atoms with van der Waals surface area (Å²) in [5, 5.41) is 0. The first-order valence-corrected chi connectivity index (χ1v) is 11.4. The van der Waals surface area contributed by atoms with Crippen LogP contribution in [-0.4, -0.2) is 15.0 Å². The molecular weight excluding hydrogens is 394 g/mol. The highest BCUT2D eigenvalue weighted by Gasteiger charge is 2.49. The molecule has 25 heavy (non-hydrogen) atoms. The molecule has 0 N–H and O–H groups in total. The third-order valence-electron chi connectivity index (χ3n) is 6.12. The molecule has 1 unspecified atom stereocenters. The standard InChI is InChI=1S/C21H30BrNOS/c1-6-15-12-21(10-9-14(15)2)13-16-7-8-17(22)11-18(16)19(21)23-25(24)20(3,4)5/h7-8,11,14-15H,6,9-10,12-13H2,1-5H3/t14-,15-,21-,25?/m1/s1. The Balaban J connectivity index is 2.08. The van der Waals surface area contributed by atoms with Crippen LogP contribution in [0.5, 0.6) is 0 Å². The van der Waals surface area contributed by atoms with Crippen molar-refractivity contribution in [1.82, 2.24) is 0 Å². The highest BCUT2D eigenvalue weighted by molar-refractivity contribution is 9.10. The number of hydrogen-bond acceptors (Lipinski definition) is 2. The van der Waals surface area contributed by atoms with Gasteiger partial charge in [-0.25, -0.2) is 0 Å². The van der Waals surface area contributed by atoms with Gasteiger partial charge in [-0.1, -0.05) is 46.7 Å². The van der Waals surface area contributed by atoms with Crippen LogP contribution < -0.4 is 0 Å². The lowest BCUT2D eigenvalue weighted by Crippen LogP contribution is -2.39. The fourth-order valence-corrected chi connectivity index (χ4v) is 5.58. The van der Waals surface area contributed by atoms with Crippen molar-refractivity contribution in [2.75, 3.05) is 0 Å². The van der Waals surface area contributed by atoms with E-state index < -0.39 is 11.4 Å². The third kappa shape index (κ3) is 3.72. The number of nitrogens with zero attached hydrogens (tertiary/aromatic N) is 1. The molecule has 0 saturated heterocycles. The summed E-state index contributed by atoms with van der Waals surface area (Å²) < 4.78 is 18.5. The Morgan fingerprint density at radius 2 is 2.08 bits per heavy atom. The van der Waals surface area contributed by atoms with E-state index >= 15 is 0 Å². The average Bonchev–Trinajstić information content (AvgIpc) is 2.82. The summed E-state index contributed by atoms with van der Waals surface area (Å²) in [6, 6.07) is 6.53. The van der Waals surface area contributed by atoms with Gasteiger partial charge in [0.05, 0.1) is 0 Å². The molecule has 1 spiro atoms. The molecule has 2 nitrogen and oxygen atoms in total. The molecule has 1 aromatic carbocycles. The maximum Gasteiger partial charge on any atom is 0.144 e. The molecule has 4 atom stereocenters. The lowest BCUT2D eigenvalue weighted by molar-refractivity contribution is 0.152.